The lowest BCUT2D eigenvalue weighted by atomic mass is 9.74. The molecule has 0 atom stereocenters. The Hall–Kier alpha value is -0.310. The van der Waals surface area contributed by atoms with Gasteiger partial charge >= 0.3 is 0 Å². The zero-order valence-corrected chi connectivity index (χ0v) is 9.49. The highest BCUT2D eigenvalue weighted by molar-refractivity contribution is 7.80. The summed E-state index contributed by atoms with van der Waals surface area (Å²) in [7, 11) is 0. The van der Waals surface area contributed by atoms with E-state index >= 15 is 0 Å². The Labute approximate surface area is 86.5 Å². The molecule has 0 aromatic rings. The van der Waals surface area contributed by atoms with E-state index in [0.29, 0.717) is 10.5 Å². The van der Waals surface area contributed by atoms with Gasteiger partial charge in [0, 0.05) is 13.1 Å². The molecule has 0 spiro atoms. The SMILES string of the molecule is CCC1(CC)CCN(C(N)=S)CC1. The predicted octanol–water partition coefficient (Wildman–Crippen LogP) is 2.13. The molecule has 1 rings (SSSR count). The molecule has 3 heteroatoms. The van der Waals surface area contributed by atoms with E-state index in [1.807, 2.05) is 0 Å². The number of nitrogens with two attached hydrogens (primary N) is 1. The van der Waals surface area contributed by atoms with Crippen molar-refractivity contribution >= 4 is 17.3 Å². The average molecular weight is 200 g/mol. The zero-order valence-electron chi connectivity index (χ0n) is 8.68. The lowest BCUT2D eigenvalue weighted by Gasteiger charge is -2.41. The largest absolute Gasteiger partial charge is 0.376 e. The highest BCUT2D eigenvalue weighted by Crippen LogP contribution is 2.37. The summed E-state index contributed by atoms with van der Waals surface area (Å²) in [5.74, 6) is 0. The van der Waals surface area contributed by atoms with E-state index < -0.39 is 0 Å². The first-order chi connectivity index (χ1) is 6.13. The van der Waals surface area contributed by atoms with Crippen LogP contribution < -0.4 is 5.73 Å². The fourth-order valence-corrected chi connectivity index (χ4v) is 2.34. The van der Waals surface area contributed by atoms with Gasteiger partial charge in [0.15, 0.2) is 5.11 Å². The molecule has 13 heavy (non-hydrogen) atoms. The van der Waals surface area contributed by atoms with E-state index in [1.54, 1.807) is 0 Å². The standard InChI is InChI=1S/C10H20N2S/c1-3-10(4-2)5-7-12(8-6-10)9(11)13/h3-8H2,1-2H3,(H2,11,13). The van der Waals surface area contributed by atoms with Gasteiger partial charge in [-0.15, -0.1) is 0 Å². The summed E-state index contributed by atoms with van der Waals surface area (Å²) in [6, 6.07) is 0. The maximum Gasteiger partial charge on any atom is 0.166 e. The molecule has 0 aromatic heterocycles. The van der Waals surface area contributed by atoms with Gasteiger partial charge in [0.1, 0.15) is 0 Å². The molecule has 2 nitrogen and oxygen atoms in total. The Bertz CT molecular complexity index is 177. The van der Waals surface area contributed by atoms with Crippen LogP contribution in [0.1, 0.15) is 39.5 Å². The Morgan fingerprint density at radius 3 is 2.08 bits per heavy atom. The molecular formula is C10H20N2S. The van der Waals surface area contributed by atoms with Gasteiger partial charge in [0.2, 0.25) is 0 Å². The van der Waals surface area contributed by atoms with Gasteiger partial charge in [-0.05, 0) is 30.5 Å². The van der Waals surface area contributed by atoms with Crippen LogP contribution in [-0.2, 0) is 0 Å². The Kier molecular flexibility index (Phi) is 3.54. The van der Waals surface area contributed by atoms with E-state index in [4.69, 9.17) is 18.0 Å². The van der Waals surface area contributed by atoms with Gasteiger partial charge in [-0.1, -0.05) is 26.7 Å². The quantitative estimate of drug-likeness (QED) is 0.692. The summed E-state index contributed by atoms with van der Waals surface area (Å²) in [6.45, 7) is 6.69. The van der Waals surface area contributed by atoms with E-state index in [9.17, 15) is 0 Å². The normalized spacial score (nSPS) is 21.5. The zero-order chi connectivity index (χ0) is 9.90. The molecule has 1 saturated heterocycles. The fourth-order valence-electron chi connectivity index (χ4n) is 2.16. The molecule has 0 saturated carbocycles. The molecule has 0 amide bonds. The van der Waals surface area contributed by atoms with Crippen molar-refractivity contribution in [2.24, 2.45) is 11.1 Å². The Morgan fingerprint density at radius 1 is 1.31 bits per heavy atom. The third-order valence-electron chi connectivity index (χ3n) is 3.64. The van der Waals surface area contributed by atoms with E-state index in [0.717, 1.165) is 13.1 Å². The van der Waals surface area contributed by atoms with E-state index in [-0.39, 0.29) is 0 Å². The lowest BCUT2D eigenvalue weighted by molar-refractivity contribution is 0.136. The number of nitrogens with zero attached hydrogens (tertiary/aromatic N) is 1. The number of piperidine rings is 1. The molecule has 2 N–H and O–H groups in total. The summed E-state index contributed by atoms with van der Waals surface area (Å²) in [5.41, 5.74) is 6.17. The van der Waals surface area contributed by atoms with Crippen LogP contribution in [0.15, 0.2) is 0 Å². The molecule has 1 aliphatic heterocycles. The van der Waals surface area contributed by atoms with Crippen molar-refractivity contribution in [2.45, 2.75) is 39.5 Å². The maximum atomic E-state index is 5.60. The van der Waals surface area contributed by atoms with Crippen molar-refractivity contribution in [3.63, 3.8) is 0 Å². The number of thiocarbonyl (C=S) groups is 1. The van der Waals surface area contributed by atoms with Crippen molar-refractivity contribution < 1.29 is 0 Å². The second-order valence-electron chi connectivity index (χ2n) is 4.03. The number of hydrogen-bond donors (Lipinski definition) is 1. The molecule has 0 radical (unpaired) electrons. The van der Waals surface area contributed by atoms with Gasteiger partial charge in [0.25, 0.3) is 0 Å². The third-order valence-corrected chi connectivity index (χ3v) is 3.89. The lowest BCUT2D eigenvalue weighted by Crippen LogP contribution is -2.45. The van der Waals surface area contributed by atoms with Gasteiger partial charge < -0.3 is 10.6 Å². The smallest absolute Gasteiger partial charge is 0.166 e. The molecule has 0 aromatic carbocycles. The minimum Gasteiger partial charge on any atom is -0.376 e. The van der Waals surface area contributed by atoms with Crippen LogP contribution in [0, 0.1) is 5.41 Å². The van der Waals surface area contributed by atoms with E-state index in [1.165, 1.54) is 25.7 Å². The van der Waals surface area contributed by atoms with Crippen molar-refractivity contribution in [1.82, 2.24) is 4.90 Å². The van der Waals surface area contributed by atoms with Gasteiger partial charge in [0.05, 0.1) is 0 Å². The van der Waals surface area contributed by atoms with Crippen molar-refractivity contribution in [3.05, 3.63) is 0 Å². The maximum absolute atomic E-state index is 5.60. The van der Waals surface area contributed by atoms with Crippen LogP contribution in [0.25, 0.3) is 0 Å². The number of hydrogen-bond acceptors (Lipinski definition) is 1. The third kappa shape index (κ3) is 2.33. The summed E-state index contributed by atoms with van der Waals surface area (Å²) in [5, 5.41) is 0.570. The van der Waals surface area contributed by atoms with Gasteiger partial charge in [-0.2, -0.15) is 0 Å². The summed E-state index contributed by atoms with van der Waals surface area (Å²) >= 11 is 4.97. The second-order valence-corrected chi connectivity index (χ2v) is 4.45. The highest BCUT2D eigenvalue weighted by atomic mass is 32.1. The molecular weight excluding hydrogens is 180 g/mol. The molecule has 1 aliphatic rings. The van der Waals surface area contributed by atoms with Crippen molar-refractivity contribution in [3.8, 4) is 0 Å². The van der Waals surface area contributed by atoms with Crippen LogP contribution in [0.4, 0.5) is 0 Å². The van der Waals surface area contributed by atoms with E-state index in [2.05, 4.69) is 18.7 Å². The monoisotopic (exact) mass is 200 g/mol. The summed E-state index contributed by atoms with van der Waals surface area (Å²) < 4.78 is 0. The highest BCUT2D eigenvalue weighted by Gasteiger charge is 2.31. The van der Waals surface area contributed by atoms with Gasteiger partial charge in [-0.3, -0.25) is 0 Å². The first kappa shape index (κ1) is 10.8. The van der Waals surface area contributed by atoms with Crippen molar-refractivity contribution in [2.75, 3.05) is 13.1 Å². The molecule has 1 heterocycles. The molecule has 1 fully saturated rings. The van der Waals surface area contributed by atoms with Crippen LogP contribution in [-0.4, -0.2) is 23.1 Å². The molecule has 0 bridgehead atoms. The predicted molar refractivity (Wildman–Crippen MR) is 60.6 cm³/mol. The van der Waals surface area contributed by atoms with Crippen LogP contribution in [0.3, 0.4) is 0 Å². The fraction of sp³-hybridized carbons (Fsp3) is 0.900. The minimum atomic E-state index is 0.570. The van der Waals surface area contributed by atoms with Crippen LogP contribution in [0.2, 0.25) is 0 Å². The average Bonchev–Trinajstić information content (AvgIpc) is 2.18. The van der Waals surface area contributed by atoms with Crippen LogP contribution >= 0.6 is 12.2 Å². The first-order valence-electron chi connectivity index (χ1n) is 5.18. The summed E-state index contributed by atoms with van der Waals surface area (Å²) in [6.07, 6.45) is 5.07. The van der Waals surface area contributed by atoms with Crippen molar-refractivity contribution in [1.29, 1.82) is 0 Å². The Balaban J connectivity index is 2.50. The molecule has 76 valence electrons. The Morgan fingerprint density at radius 2 is 1.77 bits per heavy atom. The first-order valence-corrected chi connectivity index (χ1v) is 5.59. The molecule has 0 unspecified atom stereocenters. The topological polar surface area (TPSA) is 29.3 Å². The molecule has 0 aliphatic carbocycles. The number of likely N-dealkylation sites (tertiary alicyclic amines) is 1. The second kappa shape index (κ2) is 4.27. The van der Waals surface area contributed by atoms with Gasteiger partial charge in [-0.25, -0.2) is 0 Å². The van der Waals surface area contributed by atoms with Crippen LogP contribution in [0.5, 0.6) is 0 Å². The summed E-state index contributed by atoms with van der Waals surface area (Å²) in [4.78, 5) is 2.12. The minimum absolute atomic E-state index is 0.570. The number of rotatable bonds is 2.